The van der Waals surface area contributed by atoms with E-state index in [9.17, 15) is 4.79 Å². The fourth-order valence-electron chi connectivity index (χ4n) is 4.52. The lowest BCUT2D eigenvalue weighted by molar-refractivity contribution is -0.133. The second-order valence-corrected chi connectivity index (χ2v) is 9.81. The maximum atomic E-state index is 12.6. The van der Waals surface area contributed by atoms with Crippen LogP contribution in [0.4, 0.5) is 0 Å². The summed E-state index contributed by atoms with van der Waals surface area (Å²) in [5, 5.41) is 4.54. The fraction of sp³-hybridized carbons (Fsp3) is 0.667. The number of carbonyl (C=O) groups excluding carboxylic acids is 1. The predicted molar refractivity (Wildman–Crippen MR) is 140 cm³/mol. The molecule has 2 aromatic rings. The van der Waals surface area contributed by atoms with E-state index in [0.29, 0.717) is 29.7 Å². The first-order valence-corrected chi connectivity index (χ1v) is 13.7. The smallest absolute Gasteiger partial charge is 0.288 e. The monoisotopic (exact) mass is 486 g/mol. The molecule has 1 saturated heterocycles. The molecule has 0 radical (unpaired) electrons. The Morgan fingerprint density at radius 2 is 1.47 bits per heavy atom. The van der Waals surface area contributed by atoms with Crippen LogP contribution in [0.3, 0.4) is 0 Å². The van der Waals surface area contributed by atoms with Crippen molar-refractivity contribution in [1.82, 2.24) is 19.6 Å². The Balaban J connectivity index is 1.26. The van der Waals surface area contributed by atoms with Gasteiger partial charge in [-0.1, -0.05) is 89.3 Å². The maximum absolute atomic E-state index is 12.6. The van der Waals surface area contributed by atoms with E-state index in [4.69, 9.17) is 16.6 Å². The van der Waals surface area contributed by atoms with Crippen molar-refractivity contribution >= 4 is 18.1 Å². The van der Waals surface area contributed by atoms with E-state index < -0.39 is 0 Å². The van der Waals surface area contributed by atoms with Crippen molar-refractivity contribution in [3.05, 3.63) is 35.2 Å². The molecule has 1 aliphatic heterocycles. The summed E-state index contributed by atoms with van der Waals surface area (Å²) in [6.07, 6.45) is 15.1. The zero-order valence-corrected chi connectivity index (χ0v) is 21.7. The summed E-state index contributed by atoms with van der Waals surface area (Å²) >= 11 is 5.36. The van der Waals surface area contributed by atoms with Crippen molar-refractivity contribution in [2.45, 2.75) is 90.6 Å². The van der Waals surface area contributed by atoms with Gasteiger partial charge in [-0.2, -0.15) is 0 Å². The summed E-state index contributed by atoms with van der Waals surface area (Å²) in [6.45, 7) is 6.07. The molecule has 0 atom stereocenters. The number of hydrogen-bond acceptors (Lipinski definition) is 5. The average molecular weight is 487 g/mol. The molecule has 1 fully saturated rings. The molecule has 0 bridgehead atoms. The average Bonchev–Trinajstić information content (AvgIpc) is 3.23. The highest BCUT2D eigenvalue weighted by Gasteiger charge is 2.21. The number of nitrogens with zero attached hydrogens (tertiary/aromatic N) is 4. The lowest BCUT2D eigenvalue weighted by Gasteiger charge is -2.34. The molecule has 3 rings (SSSR count). The zero-order valence-electron chi connectivity index (χ0n) is 20.9. The Kier molecular flexibility index (Phi) is 11.8. The van der Waals surface area contributed by atoms with Crippen LogP contribution in [0, 0.1) is 4.84 Å². The SMILES string of the molecule is CCCCCCCCCCCCCC(=O)N1CCN(Cn2nc(-c3ccccc3)oc2=S)CC1. The third kappa shape index (κ3) is 8.99. The van der Waals surface area contributed by atoms with Gasteiger partial charge in [0.15, 0.2) is 0 Å². The first kappa shape index (κ1) is 26.6. The number of benzene rings is 1. The first-order valence-electron chi connectivity index (χ1n) is 13.3. The fourth-order valence-corrected chi connectivity index (χ4v) is 4.70. The minimum atomic E-state index is 0.306. The minimum Gasteiger partial charge on any atom is -0.409 e. The molecule has 1 aromatic carbocycles. The van der Waals surface area contributed by atoms with Gasteiger partial charge in [-0.3, -0.25) is 9.69 Å². The molecule has 0 spiro atoms. The maximum Gasteiger partial charge on any atom is 0.288 e. The summed E-state index contributed by atoms with van der Waals surface area (Å²) in [4.78, 5) is 17.3. The van der Waals surface area contributed by atoms with E-state index >= 15 is 0 Å². The molecule has 1 aromatic heterocycles. The highest BCUT2D eigenvalue weighted by Crippen LogP contribution is 2.18. The largest absolute Gasteiger partial charge is 0.409 e. The van der Waals surface area contributed by atoms with Crippen LogP contribution in [0.2, 0.25) is 0 Å². The molecule has 1 aliphatic rings. The van der Waals surface area contributed by atoms with Gasteiger partial charge in [0.1, 0.15) is 0 Å². The van der Waals surface area contributed by atoms with Crippen LogP contribution in [-0.2, 0) is 11.5 Å². The Labute approximate surface area is 210 Å². The van der Waals surface area contributed by atoms with Gasteiger partial charge in [-0.15, -0.1) is 5.10 Å². The lowest BCUT2D eigenvalue weighted by Crippen LogP contribution is -2.49. The van der Waals surface area contributed by atoms with E-state index in [1.54, 1.807) is 4.68 Å². The van der Waals surface area contributed by atoms with Crippen LogP contribution in [0.5, 0.6) is 0 Å². The van der Waals surface area contributed by atoms with Crippen molar-refractivity contribution < 1.29 is 9.21 Å². The molecule has 188 valence electrons. The summed E-state index contributed by atoms with van der Waals surface area (Å²) in [5.41, 5.74) is 0.921. The molecular weight excluding hydrogens is 444 g/mol. The van der Waals surface area contributed by atoms with E-state index in [-0.39, 0.29) is 0 Å². The van der Waals surface area contributed by atoms with Crippen molar-refractivity contribution in [2.24, 2.45) is 0 Å². The van der Waals surface area contributed by atoms with Crippen LogP contribution < -0.4 is 0 Å². The number of aromatic nitrogens is 2. The Hall–Kier alpha value is -1.99. The van der Waals surface area contributed by atoms with Crippen molar-refractivity contribution in [3.8, 4) is 11.5 Å². The molecule has 0 unspecified atom stereocenters. The van der Waals surface area contributed by atoms with Crippen LogP contribution in [0.15, 0.2) is 34.7 Å². The standard InChI is InChI=1S/C27H42N4O2S/c1-2-3-4-5-6-7-8-9-10-11-15-18-25(32)30-21-19-29(20-22-30)23-31-27(34)33-26(28-31)24-16-13-12-14-17-24/h12-14,16-17H,2-11,15,18-23H2,1H3. The molecule has 0 saturated carbocycles. The van der Waals surface area contributed by atoms with Crippen LogP contribution in [-0.4, -0.2) is 51.7 Å². The van der Waals surface area contributed by atoms with Crippen LogP contribution in [0.1, 0.15) is 84.0 Å². The Bertz CT molecular complexity index is 888. The third-order valence-electron chi connectivity index (χ3n) is 6.68. The van der Waals surface area contributed by atoms with Gasteiger partial charge in [0, 0.05) is 38.2 Å². The quantitative estimate of drug-likeness (QED) is 0.208. The normalized spacial score (nSPS) is 14.6. The van der Waals surface area contributed by atoms with Gasteiger partial charge in [0.05, 0.1) is 6.67 Å². The zero-order chi connectivity index (χ0) is 24.0. The molecule has 34 heavy (non-hydrogen) atoms. The summed E-state index contributed by atoms with van der Waals surface area (Å²) in [6, 6.07) is 9.81. The van der Waals surface area contributed by atoms with Crippen LogP contribution in [0.25, 0.3) is 11.5 Å². The Morgan fingerprint density at radius 1 is 0.882 bits per heavy atom. The lowest BCUT2D eigenvalue weighted by atomic mass is 10.1. The number of piperazine rings is 1. The highest BCUT2D eigenvalue weighted by molar-refractivity contribution is 7.71. The highest BCUT2D eigenvalue weighted by atomic mass is 32.1. The molecule has 6 nitrogen and oxygen atoms in total. The number of unbranched alkanes of at least 4 members (excludes halogenated alkanes) is 10. The van der Waals surface area contributed by atoms with Gasteiger partial charge in [-0.05, 0) is 30.8 Å². The second kappa shape index (κ2) is 15.1. The topological polar surface area (TPSA) is 54.5 Å². The van der Waals surface area contributed by atoms with E-state index in [1.807, 2.05) is 35.2 Å². The number of carbonyl (C=O) groups is 1. The molecule has 0 N–H and O–H groups in total. The molecule has 1 amide bonds. The first-order chi connectivity index (χ1) is 16.7. The second-order valence-electron chi connectivity index (χ2n) is 9.46. The predicted octanol–water partition coefficient (Wildman–Crippen LogP) is 6.68. The van der Waals surface area contributed by atoms with Crippen molar-refractivity contribution in [2.75, 3.05) is 26.2 Å². The molecular formula is C27H42N4O2S. The molecule has 0 aliphatic carbocycles. The summed E-state index contributed by atoms with van der Waals surface area (Å²) < 4.78 is 7.42. The van der Waals surface area contributed by atoms with E-state index in [0.717, 1.165) is 38.2 Å². The van der Waals surface area contributed by atoms with Gasteiger partial charge in [-0.25, -0.2) is 4.68 Å². The van der Waals surface area contributed by atoms with E-state index in [2.05, 4.69) is 16.9 Å². The Morgan fingerprint density at radius 3 is 2.09 bits per heavy atom. The molecule has 2 heterocycles. The minimum absolute atomic E-state index is 0.306. The number of amides is 1. The van der Waals surface area contributed by atoms with Gasteiger partial charge >= 0.3 is 0 Å². The number of rotatable bonds is 15. The van der Waals surface area contributed by atoms with Crippen molar-refractivity contribution in [3.63, 3.8) is 0 Å². The summed E-state index contributed by atoms with van der Waals surface area (Å²) in [5.74, 6) is 0.853. The third-order valence-corrected chi connectivity index (χ3v) is 6.97. The summed E-state index contributed by atoms with van der Waals surface area (Å²) in [7, 11) is 0. The number of hydrogen-bond donors (Lipinski definition) is 0. The van der Waals surface area contributed by atoms with Gasteiger partial charge < -0.3 is 9.32 Å². The van der Waals surface area contributed by atoms with Crippen LogP contribution >= 0.6 is 12.2 Å². The van der Waals surface area contributed by atoms with Gasteiger partial charge in [0.2, 0.25) is 11.8 Å². The van der Waals surface area contributed by atoms with E-state index in [1.165, 1.54) is 64.2 Å². The molecule has 7 heteroatoms. The van der Waals surface area contributed by atoms with Crippen molar-refractivity contribution in [1.29, 1.82) is 0 Å². The van der Waals surface area contributed by atoms with Gasteiger partial charge in [0.25, 0.3) is 4.84 Å².